The van der Waals surface area contributed by atoms with E-state index in [0.717, 1.165) is 0 Å². The van der Waals surface area contributed by atoms with Crippen molar-refractivity contribution in [1.29, 1.82) is 5.26 Å². The van der Waals surface area contributed by atoms with Gasteiger partial charge in [-0.3, -0.25) is 0 Å². The van der Waals surface area contributed by atoms with Crippen LogP contribution >= 0.6 is 11.6 Å². The molecule has 1 unspecified atom stereocenters. The standard InChI is InChI=1S/C18H15ClN2O4S/c1-13(26(23,24)17-8-6-16(19)7-9-17)10-18(22)25-21-12-15-4-2-14(11-20)3-5-15/h2-9,12-13H,10H2,1H3. The Balaban J connectivity index is 1.94. The summed E-state index contributed by atoms with van der Waals surface area (Å²) >= 11 is 5.75. The maximum atomic E-state index is 12.4. The number of benzene rings is 2. The minimum atomic E-state index is -3.68. The Kier molecular flexibility index (Phi) is 6.50. The molecule has 2 rings (SSSR count). The molecule has 0 saturated carbocycles. The van der Waals surface area contributed by atoms with Crippen molar-refractivity contribution < 1.29 is 18.0 Å². The van der Waals surface area contributed by atoms with Gasteiger partial charge in [0.2, 0.25) is 0 Å². The lowest BCUT2D eigenvalue weighted by Crippen LogP contribution is -2.22. The second kappa shape index (κ2) is 8.61. The van der Waals surface area contributed by atoms with Crippen molar-refractivity contribution in [2.24, 2.45) is 5.16 Å². The van der Waals surface area contributed by atoms with Crippen LogP contribution in [0.1, 0.15) is 24.5 Å². The third kappa shape index (κ3) is 5.15. The van der Waals surface area contributed by atoms with Crippen LogP contribution in [0.25, 0.3) is 0 Å². The van der Waals surface area contributed by atoms with E-state index in [-0.39, 0.29) is 11.3 Å². The molecule has 0 amide bonds. The molecule has 0 aliphatic rings. The topological polar surface area (TPSA) is 96.6 Å². The molecule has 0 spiro atoms. The largest absolute Gasteiger partial charge is 0.336 e. The van der Waals surface area contributed by atoms with Gasteiger partial charge in [0.15, 0.2) is 9.84 Å². The van der Waals surface area contributed by atoms with Gasteiger partial charge in [-0.25, -0.2) is 13.2 Å². The van der Waals surface area contributed by atoms with Gasteiger partial charge >= 0.3 is 5.97 Å². The maximum Gasteiger partial charge on any atom is 0.336 e. The lowest BCUT2D eigenvalue weighted by molar-refractivity contribution is -0.143. The molecule has 2 aromatic carbocycles. The van der Waals surface area contributed by atoms with E-state index >= 15 is 0 Å². The van der Waals surface area contributed by atoms with Crippen LogP contribution in [0.3, 0.4) is 0 Å². The summed E-state index contributed by atoms with van der Waals surface area (Å²) in [5, 5.41) is 11.7. The number of rotatable bonds is 6. The van der Waals surface area contributed by atoms with E-state index in [9.17, 15) is 13.2 Å². The lowest BCUT2D eigenvalue weighted by Gasteiger charge is -2.11. The Hall–Kier alpha value is -2.69. The molecule has 0 aliphatic carbocycles. The summed E-state index contributed by atoms with van der Waals surface area (Å²) in [4.78, 5) is 16.6. The number of oxime groups is 1. The molecule has 2 aromatic rings. The second-order valence-electron chi connectivity index (χ2n) is 5.45. The van der Waals surface area contributed by atoms with Crippen molar-refractivity contribution in [1.82, 2.24) is 0 Å². The highest BCUT2D eigenvalue weighted by molar-refractivity contribution is 7.92. The SMILES string of the molecule is CC(CC(=O)ON=Cc1ccc(C#N)cc1)S(=O)(=O)c1ccc(Cl)cc1. The molecule has 6 nitrogen and oxygen atoms in total. The molecular weight excluding hydrogens is 376 g/mol. The first kappa shape index (κ1) is 19.6. The van der Waals surface area contributed by atoms with Gasteiger partial charge in [0.05, 0.1) is 34.4 Å². The van der Waals surface area contributed by atoms with E-state index in [1.165, 1.54) is 37.4 Å². The van der Waals surface area contributed by atoms with Crippen molar-refractivity contribution in [3.63, 3.8) is 0 Å². The van der Waals surface area contributed by atoms with Crippen molar-refractivity contribution in [2.45, 2.75) is 23.5 Å². The van der Waals surface area contributed by atoms with Crippen molar-refractivity contribution in [3.8, 4) is 6.07 Å². The van der Waals surface area contributed by atoms with E-state index in [1.54, 1.807) is 24.3 Å². The lowest BCUT2D eigenvalue weighted by atomic mass is 10.2. The van der Waals surface area contributed by atoms with Gasteiger partial charge in [-0.15, -0.1) is 0 Å². The zero-order chi connectivity index (χ0) is 19.2. The molecule has 0 heterocycles. The molecule has 0 radical (unpaired) electrons. The average molecular weight is 391 g/mol. The summed E-state index contributed by atoms with van der Waals surface area (Å²) < 4.78 is 24.8. The first-order chi connectivity index (χ1) is 12.3. The number of carbonyl (C=O) groups is 1. The van der Waals surface area contributed by atoms with Crippen LogP contribution in [0.15, 0.2) is 58.6 Å². The van der Waals surface area contributed by atoms with Gasteiger partial charge in [0.1, 0.15) is 0 Å². The molecule has 1 atom stereocenters. The number of hydrogen-bond donors (Lipinski definition) is 0. The molecular formula is C18H15ClN2O4S. The van der Waals surface area contributed by atoms with E-state index in [0.29, 0.717) is 16.1 Å². The third-order valence-corrected chi connectivity index (χ3v) is 5.93. The number of carbonyl (C=O) groups excluding carboxylic acids is 1. The zero-order valence-corrected chi connectivity index (χ0v) is 15.4. The Labute approximate surface area is 156 Å². The fourth-order valence-corrected chi connectivity index (χ4v) is 3.49. The first-order valence-electron chi connectivity index (χ1n) is 7.56. The van der Waals surface area contributed by atoms with E-state index in [2.05, 4.69) is 5.16 Å². The highest BCUT2D eigenvalue weighted by Gasteiger charge is 2.26. The summed E-state index contributed by atoms with van der Waals surface area (Å²) in [5.41, 5.74) is 1.14. The monoisotopic (exact) mass is 390 g/mol. The molecule has 0 bridgehead atoms. The van der Waals surface area contributed by atoms with E-state index in [4.69, 9.17) is 21.7 Å². The molecule has 0 fully saturated rings. The first-order valence-corrected chi connectivity index (χ1v) is 9.48. The maximum absolute atomic E-state index is 12.4. The number of hydrogen-bond acceptors (Lipinski definition) is 6. The van der Waals surface area contributed by atoms with Gasteiger partial charge in [0.25, 0.3) is 0 Å². The molecule has 0 N–H and O–H groups in total. The van der Waals surface area contributed by atoms with Crippen LogP contribution in [-0.2, 0) is 19.5 Å². The van der Waals surface area contributed by atoms with Gasteiger partial charge in [-0.2, -0.15) is 5.26 Å². The van der Waals surface area contributed by atoms with Crippen molar-refractivity contribution in [3.05, 3.63) is 64.7 Å². The van der Waals surface area contributed by atoms with Crippen LogP contribution in [0.4, 0.5) is 0 Å². The number of nitrogens with zero attached hydrogens (tertiary/aromatic N) is 2. The summed E-state index contributed by atoms with van der Waals surface area (Å²) in [7, 11) is -3.68. The minimum Gasteiger partial charge on any atom is -0.318 e. The Morgan fingerprint density at radius 1 is 1.23 bits per heavy atom. The van der Waals surface area contributed by atoms with Crippen LogP contribution in [0.2, 0.25) is 5.02 Å². The summed E-state index contributed by atoms with van der Waals surface area (Å²) in [6.45, 7) is 1.43. The Bertz CT molecular complexity index is 946. The predicted molar refractivity (Wildman–Crippen MR) is 97.6 cm³/mol. The van der Waals surface area contributed by atoms with Crippen molar-refractivity contribution in [2.75, 3.05) is 0 Å². The summed E-state index contributed by atoms with van der Waals surface area (Å²) in [6.07, 6.45) is 0.965. The third-order valence-electron chi connectivity index (χ3n) is 3.52. The highest BCUT2D eigenvalue weighted by Crippen LogP contribution is 2.20. The Morgan fingerprint density at radius 2 is 1.85 bits per heavy atom. The highest BCUT2D eigenvalue weighted by atomic mass is 35.5. The molecule has 0 aliphatic heterocycles. The second-order valence-corrected chi connectivity index (χ2v) is 8.25. The van der Waals surface area contributed by atoms with Gasteiger partial charge in [0, 0.05) is 5.02 Å². The predicted octanol–water partition coefficient (Wildman–Crippen LogP) is 3.34. The van der Waals surface area contributed by atoms with E-state index < -0.39 is 21.1 Å². The summed E-state index contributed by atoms with van der Waals surface area (Å²) in [6, 6.07) is 14.2. The van der Waals surface area contributed by atoms with Crippen LogP contribution in [-0.4, -0.2) is 25.9 Å². The quantitative estimate of drug-likeness (QED) is 0.428. The molecule has 0 saturated heterocycles. The fraction of sp³-hybridized carbons (Fsp3) is 0.167. The van der Waals surface area contributed by atoms with Crippen LogP contribution in [0.5, 0.6) is 0 Å². The summed E-state index contributed by atoms with van der Waals surface area (Å²) in [5.74, 6) is -0.764. The van der Waals surface area contributed by atoms with Crippen molar-refractivity contribution >= 4 is 33.6 Å². The smallest absolute Gasteiger partial charge is 0.318 e. The fourth-order valence-electron chi connectivity index (χ4n) is 2.03. The van der Waals surface area contributed by atoms with Gasteiger partial charge in [-0.05, 0) is 48.9 Å². The average Bonchev–Trinajstić information content (AvgIpc) is 2.62. The Morgan fingerprint density at radius 3 is 2.42 bits per heavy atom. The normalized spacial score (nSPS) is 12.5. The van der Waals surface area contributed by atoms with Crippen LogP contribution < -0.4 is 0 Å². The van der Waals surface area contributed by atoms with Gasteiger partial charge < -0.3 is 4.84 Å². The number of nitriles is 1. The van der Waals surface area contributed by atoms with Gasteiger partial charge in [-0.1, -0.05) is 28.9 Å². The number of halogens is 1. The minimum absolute atomic E-state index is 0.0864. The molecule has 8 heteroatoms. The molecule has 0 aromatic heterocycles. The molecule has 26 heavy (non-hydrogen) atoms. The van der Waals surface area contributed by atoms with Crippen LogP contribution in [0, 0.1) is 11.3 Å². The number of sulfone groups is 1. The zero-order valence-electron chi connectivity index (χ0n) is 13.8. The van der Waals surface area contributed by atoms with E-state index in [1.807, 2.05) is 6.07 Å². The molecule has 134 valence electrons.